The Balaban J connectivity index is 2.05. The van der Waals surface area contributed by atoms with Crippen LogP contribution >= 0.6 is 23.1 Å². The summed E-state index contributed by atoms with van der Waals surface area (Å²) in [6, 6.07) is 0. The van der Waals surface area contributed by atoms with Crippen molar-refractivity contribution in [3.8, 4) is 0 Å². The lowest BCUT2D eigenvalue weighted by atomic mass is 10.2. The van der Waals surface area contributed by atoms with Crippen molar-refractivity contribution in [2.45, 2.75) is 19.4 Å². The first kappa shape index (κ1) is 9.70. The normalized spacial score (nSPS) is 13.0. The van der Waals surface area contributed by atoms with Gasteiger partial charge in [0.1, 0.15) is 11.8 Å². The van der Waals surface area contributed by atoms with Gasteiger partial charge in [0, 0.05) is 11.8 Å². The minimum atomic E-state index is -0.588. The largest absolute Gasteiger partial charge is 0.386 e. The van der Waals surface area contributed by atoms with Gasteiger partial charge in [-0.2, -0.15) is 8.75 Å². The molecule has 4 nitrogen and oxygen atoms in total. The maximum atomic E-state index is 9.74. The van der Waals surface area contributed by atoms with E-state index >= 15 is 0 Å². The van der Waals surface area contributed by atoms with E-state index in [0.29, 0.717) is 12.1 Å². The molecule has 0 radical (unpaired) electrons. The fourth-order valence-electron chi connectivity index (χ4n) is 1.12. The summed E-state index contributed by atoms with van der Waals surface area (Å²) >= 11 is 2.69. The van der Waals surface area contributed by atoms with E-state index in [9.17, 15) is 5.11 Å². The van der Waals surface area contributed by atoms with E-state index in [1.165, 1.54) is 0 Å². The average molecular weight is 227 g/mol. The van der Waals surface area contributed by atoms with Crippen molar-refractivity contribution in [1.29, 1.82) is 0 Å². The Morgan fingerprint density at radius 2 is 2.43 bits per heavy atom. The molecule has 1 N–H and O–H groups in total. The van der Waals surface area contributed by atoms with Crippen LogP contribution in [0.5, 0.6) is 0 Å². The number of nitrogens with zero attached hydrogens (tertiary/aromatic N) is 3. The Hall–Kier alpha value is -0.850. The molecule has 2 aromatic heterocycles. The number of aliphatic hydroxyl groups excluding tert-OH is 1. The quantitative estimate of drug-likeness (QED) is 0.865. The average Bonchev–Trinajstić information content (AvgIpc) is 2.75. The fourth-order valence-corrected chi connectivity index (χ4v) is 2.21. The van der Waals surface area contributed by atoms with Crippen LogP contribution in [0.1, 0.15) is 22.5 Å². The van der Waals surface area contributed by atoms with Crippen molar-refractivity contribution in [3.63, 3.8) is 0 Å². The number of rotatable bonds is 3. The molecular formula is C8H9N3OS2. The Kier molecular flexibility index (Phi) is 2.85. The second-order valence-corrected chi connectivity index (χ2v) is 4.53. The molecule has 0 aromatic carbocycles. The Morgan fingerprint density at radius 3 is 3.00 bits per heavy atom. The summed E-state index contributed by atoms with van der Waals surface area (Å²) in [5, 5.41) is 12.7. The highest BCUT2D eigenvalue weighted by Crippen LogP contribution is 2.17. The lowest BCUT2D eigenvalue weighted by molar-refractivity contribution is 0.173. The molecule has 0 saturated heterocycles. The van der Waals surface area contributed by atoms with Crippen LogP contribution in [0, 0.1) is 6.92 Å². The number of thiazole rings is 1. The third kappa shape index (κ3) is 2.14. The van der Waals surface area contributed by atoms with Crippen LogP contribution in [0.15, 0.2) is 11.6 Å². The third-order valence-corrected chi connectivity index (χ3v) is 3.10. The molecule has 2 rings (SSSR count). The van der Waals surface area contributed by atoms with Crippen LogP contribution in [0.3, 0.4) is 0 Å². The zero-order valence-corrected chi connectivity index (χ0v) is 9.18. The van der Waals surface area contributed by atoms with Gasteiger partial charge in [0.05, 0.1) is 28.6 Å². The van der Waals surface area contributed by atoms with Gasteiger partial charge in [-0.15, -0.1) is 11.3 Å². The molecule has 2 heterocycles. The van der Waals surface area contributed by atoms with Crippen molar-refractivity contribution >= 4 is 23.1 Å². The van der Waals surface area contributed by atoms with E-state index in [4.69, 9.17) is 0 Å². The Bertz CT molecular complexity index is 398. The molecule has 74 valence electrons. The standard InChI is InChI=1S/C8H9N3OS2/c1-5-10-6(4-13-5)2-8(12)7-3-9-14-11-7/h3-4,8,12H,2H2,1H3. The summed E-state index contributed by atoms with van der Waals surface area (Å²) in [4.78, 5) is 4.27. The molecule has 0 aliphatic heterocycles. The summed E-state index contributed by atoms with van der Waals surface area (Å²) < 4.78 is 7.82. The van der Waals surface area contributed by atoms with Crippen molar-refractivity contribution in [2.24, 2.45) is 0 Å². The zero-order valence-electron chi connectivity index (χ0n) is 7.54. The molecule has 0 bridgehead atoms. The summed E-state index contributed by atoms with van der Waals surface area (Å²) in [6.07, 6.45) is 1.51. The van der Waals surface area contributed by atoms with E-state index in [0.717, 1.165) is 22.4 Å². The maximum absolute atomic E-state index is 9.74. The smallest absolute Gasteiger partial charge is 0.104 e. The molecule has 14 heavy (non-hydrogen) atoms. The summed E-state index contributed by atoms with van der Waals surface area (Å²) in [5.74, 6) is 0. The van der Waals surface area contributed by atoms with Gasteiger partial charge in [-0.3, -0.25) is 0 Å². The van der Waals surface area contributed by atoms with Gasteiger partial charge in [0.2, 0.25) is 0 Å². The van der Waals surface area contributed by atoms with Crippen molar-refractivity contribution in [3.05, 3.63) is 28.0 Å². The predicted octanol–water partition coefficient (Wildman–Crippen LogP) is 1.58. The molecular weight excluding hydrogens is 218 g/mol. The van der Waals surface area contributed by atoms with Gasteiger partial charge in [-0.05, 0) is 6.92 Å². The molecule has 0 aliphatic rings. The van der Waals surface area contributed by atoms with E-state index in [-0.39, 0.29) is 0 Å². The van der Waals surface area contributed by atoms with Crippen LogP contribution in [-0.4, -0.2) is 18.8 Å². The minimum absolute atomic E-state index is 0.510. The van der Waals surface area contributed by atoms with Gasteiger partial charge < -0.3 is 5.11 Å². The number of aryl methyl sites for hydroxylation is 1. The summed E-state index contributed by atoms with van der Waals surface area (Å²) in [5.41, 5.74) is 1.54. The van der Waals surface area contributed by atoms with Gasteiger partial charge in [0.25, 0.3) is 0 Å². The first-order chi connectivity index (χ1) is 6.75. The van der Waals surface area contributed by atoms with E-state index in [1.54, 1.807) is 17.5 Å². The van der Waals surface area contributed by atoms with Crippen molar-refractivity contribution < 1.29 is 5.11 Å². The van der Waals surface area contributed by atoms with Crippen LogP contribution in [0.4, 0.5) is 0 Å². The molecule has 0 amide bonds. The van der Waals surface area contributed by atoms with Gasteiger partial charge in [0.15, 0.2) is 0 Å². The van der Waals surface area contributed by atoms with Gasteiger partial charge in [-0.25, -0.2) is 4.98 Å². The molecule has 1 atom stereocenters. The molecule has 1 unspecified atom stereocenters. The monoisotopic (exact) mass is 227 g/mol. The first-order valence-corrected chi connectivity index (χ1v) is 5.73. The van der Waals surface area contributed by atoms with E-state index in [1.807, 2.05) is 12.3 Å². The maximum Gasteiger partial charge on any atom is 0.104 e. The highest BCUT2D eigenvalue weighted by atomic mass is 32.1. The zero-order chi connectivity index (χ0) is 9.97. The fraction of sp³-hybridized carbons (Fsp3) is 0.375. The van der Waals surface area contributed by atoms with Crippen LogP contribution in [0.2, 0.25) is 0 Å². The van der Waals surface area contributed by atoms with Crippen molar-refractivity contribution in [2.75, 3.05) is 0 Å². The highest BCUT2D eigenvalue weighted by Gasteiger charge is 2.12. The number of aliphatic hydroxyl groups is 1. The van der Waals surface area contributed by atoms with Gasteiger partial charge in [-0.1, -0.05) is 0 Å². The van der Waals surface area contributed by atoms with Crippen LogP contribution in [0.25, 0.3) is 0 Å². The van der Waals surface area contributed by atoms with Crippen LogP contribution in [-0.2, 0) is 6.42 Å². The minimum Gasteiger partial charge on any atom is -0.386 e. The predicted molar refractivity (Wildman–Crippen MR) is 55.4 cm³/mol. The summed E-state index contributed by atoms with van der Waals surface area (Å²) in [7, 11) is 0. The molecule has 0 spiro atoms. The molecule has 6 heteroatoms. The second kappa shape index (κ2) is 4.12. The number of aromatic nitrogens is 3. The second-order valence-electron chi connectivity index (χ2n) is 2.91. The number of hydrogen-bond acceptors (Lipinski definition) is 6. The Labute approximate surface area is 89.6 Å². The third-order valence-electron chi connectivity index (χ3n) is 1.79. The molecule has 0 aliphatic carbocycles. The SMILES string of the molecule is Cc1nc(CC(O)c2cnsn2)cs1. The lowest BCUT2D eigenvalue weighted by Crippen LogP contribution is -2.02. The molecule has 0 saturated carbocycles. The Morgan fingerprint density at radius 1 is 1.57 bits per heavy atom. The molecule has 2 aromatic rings. The van der Waals surface area contributed by atoms with E-state index in [2.05, 4.69) is 13.7 Å². The topological polar surface area (TPSA) is 58.9 Å². The van der Waals surface area contributed by atoms with E-state index < -0.39 is 6.10 Å². The number of hydrogen-bond donors (Lipinski definition) is 1. The molecule has 0 fully saturated rings. The summed E-state index contributed by atoms with van der Waals surface area (Å²) in [6.45, 7) is 1.95. The van der Waals surface area contributed by atoms with Gasteiger partial charge >= 0.3 is 0 Å². The van der Waals surface area contributed by atoms with Crippen molar-refractivity contribution in [1.82, 2.24) is 13.7 Å². The van der Waals surface area contributed by atoms with Crippen LogP contribution < -0.4 is 0 Å². The lowest BCUT2D eigenvalue weighted by Gasteiger charge is -2.03. The highest BCUT2D eigenvalue weighted by molar-refractivity contribution is 7.09. The first-order valence-electron chi connectivity index (χ1n) is 4.12.